The molecule has 3 rings (SSSR count). The summed E-state index contributed by atoms with van der Waals surface area (Å²) in [6.45, 7) is 7.48. The Balaban J connectivity index is 1.54. The minimum Gasteiger partial charge on any atom is -0.444 e. The van der Waals surface area contributed by atoms with Gasteiger partial charge in [0, 0.05) is 6.61 Å². The number of carbonyl (C=O) groups is 1. The van der Waals surface area contributed by atoms with Crippen LogP contribution in [0, 0.1) is 0 Å². The second-order valence-electron chi connectivity index (χ2n) is 8.65. The molecule has 0 radical (unpaired) electrons. The van der Waals surface area contributed by atoms with Crippen LogP contribution in [0.2, 0.25) is 0 Å². The average Bonchev–Trinajstić information content (AvgIpc) is 2.57. The fraction of sp³-hybridized carbons (Fsp3) is 0.667. The van der Waals surface area contributed by atoms with Crippen LogP contribution in [0.4, 0.5) is 4.79 Å². The van der Waals surface area contributed by atoms with Gasteiger partial charge in [-0.25, -0.2) is 4.79 Å². The van der Waals surface area contributed by atoms with Crippen LogP contribution in [-0.2, 0) is 20.8 Å². The standard InChI is InChI=1S/C21H31NO5/c1-20(2,3)27-19(23)22-17-11-21(24,12-18(22)15-26-14-17)9-10-25-13-16-7-5-4-6-8-16/h4-8,17-18,24H,9-15H2,1-3H3. The van der Waals surface area contributed by atoms with Gasteiger partial charge >= 0.3 is 6.09 Å². The van der Waals surface area contributed by atoms with Gasteiger partial charge in [-0.3, -0.25) is 4.90 Å². The highest BCUT2D eigenvalue weighted by atomic mass is 16.6. The summed E-state index contributed by atoms with van der Waals surface area (Å²) in [5.74, 6) is 0. The van der Waals surface area contributed by atoms with Crippen molar-refractivity contribution < 1.29 is 24.1 Å². The summed E-state index contributed by atoms with van der Waals surface area (Å²) in [7, 11) is 0. The second-order valence-corrected chi connectivity index (χ2v) is 8.65. The fourth-order valence-corrected chi connectivity index (χ4v) is 3.92. The van der Waals surface area contributed by atoms with Crippen molar-refractivity contribution in [1.29, 1.82) is 0 Å². The molecular weight excluding hydrogens is 346 g/mol. The van der Waals surface area contributed by atoms with Crippen molar-refractivity contribution in [2.45, 2.75) is 69.9 Å². The molecule has 1 N–H and O–H groups in total. The molecule has 2 unspecified atom stereocenters. The van der Waals surface area contributed by atoms with E-state index in [1.165, 1.54) is 0 Å². The zero-order chi connectivity index (χ0) is 19.5. The van der Waals surface area contributed by atoms with Crippen molar-refractivity contribution >= 4 is 6.09 Å². The summed E-state index contributed by atoms with van der Waals surface area (Å²) >= 11 is 0. The molecule has 1 aromatic rings. The van der Waals surface area contributed by atoms with Crippen LogP contribution in [0.15, 0.2) is 30.3 Å². The number of piperidine rings is 1. The van der Waals surface area contributed by atoms with Gasteiger partial charge in [-0.05, 0) is 45.6 Å². The molecule has 1 amide bonds. The highest BCUT2D eigenvalue weighted by Crippen LogP contribution is 2.37. The summed E-state index contributed by atoms with van der Waals surface area (Å²) in [5.41, 5.74) is -0.256. The Hall–Kier alpha value is -1.63. The first kappa shape index (κ1) is 20.1. The van der Waals surface area contributed by atoms with E-state index < -0.39 is 11.2 Å². The first-order valence-corrected chi connectivity index (χ1v) is 9.69. The zero-order valence-corrected chi connectivity index (χ0v) is 16.5. The number of aliphatic hydroxyl groups is 1. The van der Waals surface area contributed by atoms with Gasteiger partial charge in [-0.15, -0.1) is 0 Å². The van der Waals surface area contributed by atoms with Crippen molar-refractivity contribution in [3.05, 3.63) is 35.9 Å². The van der Waals surface area contributed by atoms with Gasteiger partial charge in [0.25, 0.3) is 0 Å². The molecule has 2 saturated heterocycles. The number of morpholine rings is 1. The number of hydrogen-bond donors (Lipinski definition) is 1. The lowest BCUT2D eigenvalue weighted by Crippen LogP contribution is -2.64. The number of amides is 1. The molecule has 2 aliphatic rings. The summed E-state index contributed by atoms with van der Waals surface area (Å²) in [4.78, 5) is 14.4. The van der Waals surface area contributed by atoms with Crippen LogP contribution >= 0.6 is 0 Å². The number of hydrogen-bond acceptors (Lipinski definition) is 5. The zero-order valence-electron chi connectivity index (χ0n) is 16.5. The van der Waals surface area contributed by atoms with Crippen LogP contribution < -0.4 is 0 Å². The lowest BCUT2D eigenvalue weighted by Gasteiger charge is -2.51. The van der Waals surface area contributed by atoms with E-state index in [2.05, 4.69) is 0 Å². The SMILES string of the molecule is CC(C)(C)OC(=O)N1C2COCC1CC(O)(CCOCc1ccccc1)C2. The Kier molecular flexibility index (Phi) is 6.08. The van der Waals surface area contributed by atoms with Crippen molar-refractivity contribution in [3.63, 3.8) is 0 Å². The number of ether oxygens (including phenoxy) is 3. The highest BCUT2D eigenvalue weighted by molar-refractivity contribution is 5.69. The van der Waals surface area contributed by atoms with Gasteiger partial charge in [-0.1, -0.05) is 30.3 Å². The third-order valence-electron chi connectivity index (χ3n) is 5.07. The molecule has 0 aliphatic carbocycles. The third kappa shape index (κ3) is 5.43. The molecule has 2 atom stereocenters. The molecule has 2 bridgehead atoms. The van der Waals surface area contributed by atoms with Crippen LogP contribution in [0.3, 0.4) is 0 Å². The summed E-state index contributed by atoms with van der Waals surface area (Å²) in [6, 6.07) is 9.68. The smallest absolute Gasteiger partial charge is 0.410 e. The molecule has 1 aromatic carbocycles. The van der Waals surface area contributed by atoms with Gasteiger partial charge in [-0.2, -0.15) is 0 Å². The fourth-order valence-electron chi connectivity index (χ4n) is 3.92. The minimum absolute atomic E-state index is 0.161. The topological polar surface area (TPSA) is 68.2 Å². The Bertz CT molecular complexity index is 613. The van der Waals surface area contributed by atoms with Gasteiger partial charge in [0.1, 0.15) is 5.60 Å². The van der Waals surface area contributed by atoms with Crippen LogP contribution in [0.25, 0.3) is 0 Å². The average molecular weight is 377 g/mol. The lowest BCUT2D eigenvalue weighted by molar-refractivity contribution is -0.144. The number of rotatable bonds is 5. The largest absolute Gasteiger partial charge is 0.444 e. The summed E-state index contributed by atoms with van der Waals surface area (Å²) in [6.07, 6.45) is 1.20. The summed E-state index contributed by atoms with van der Waals surface area (Å²) < 4.78 is 16.9. The number of benzene rings is 1. The Morgan fingerprint density at radius 1 is 1.22 bits per heavy atom. The number of fused-ring (bicyclic) bond motifs is 2. The van der Waals surface area contributed by atoms with Crippen LogP contribution in [0.5, 0.6) is 0 Å². The normalized spacial score (nSPS) is 28.1. The molecule has 0 spiro atoms. The van der Waals surface area contributed by atoms with E-state index >= 15 is 0 Å². The van der Waals surface area contributed by atoms with Crippen LogP contribution in [-0.4, -0.2) is 59.2 Å². The van der Waals surface area contributed by atoms with Gasteiger partial charge < -0.3 is 19.3 Å². The molecule has 2 fully saturated rings. The second kappa shape index (κ2) is 8.17. The maximum absolute atomic E-state index is 12.6. The van der Waals surface area contributed by atoms with E-state index in [0.717, 1.165) is 5.56 Å². The molecule has 6 heteroatoms. The Morgan fingerprint density at radius 2 is 1.85 bits per heavy atom. The first-order chi connectivity index (χ1) is 12.8. The van der Waals surface area contributed by atoms with Gasteiger partial charge in [0.05, 0.1) is 37.5 Å². The van der Waals surface area contributed by atoms with E-state index in [1.807, 2.05) is 51.1 Å². The van der Waals surface area contributed by atoms with Crippen molar-refractivity contribution in [2.24, 2.45) is 0 Å². The predicted molar refractivity (Wildman–Crippen MR) is 101 cm³/mol. The molecule has 2 aliphatic heterocycles. The molecule has 0 saturated carbocycles. The molecule has 27 heavy (non-hydrogen) atoms. The lowest BCUT2D eigenvalue weighted by atomic mass is 9.79. The molecule has 2 heterocycles. The minimum atomic E-state index is -0.839. The first-order valence-electron chi connectivity index (χ1n) is 9.69. The van der Waals surface area contributed by atoms with Crippen LogP contribution in [0.1, 0.15) is 45.6 Å². The predicted octanol–water partition coefficient (Wildman–Crippen LogP) is 3.12. The molecule has 150 valence electrons. The summed E-state index contributed by atoms with van der Waals surface area (Å²) in [5, 5.41) is 11.1. The Labute approximate surface area is 161 Å². The number of carbonyl (C=O) groups excluding carboxylic acids is 1. The van der Waals surface area contributed by atoms with E-state index in [1.54, 1.807) is 4.90 Å². The molecular formula is C21H31NO5. The van der Waals surface area contributed by atoms with Crippen molar-refractivity contribution in [3.8, 4) is 0 Å². The van der Waals surface area contributed by atoms with Gasteiger partial charge in [0.2, 0.25) is 0 Å². The quantitative estimate of drug-likeness (QED) is 0.799. The maximum atomic E-state index is 12.6. The van der Waals surface area contributed by atoms with Crippen molar-refractivity contribution in [2.75, 3.05) is 19.8 Å². The Morgan fingerprint density at radius 3 is 2.44 bits per heavy atom. The maximum Gasteiger partial charge on any atom is 0.410 e. The van der Waals surface area contributed by atoms with E-state index in [9.17, 15) is 9.90 Å². The molecule has 0 aromatic heterocycles. The van der Waals surface area contributed by atoms with E-state index in [0.29, 0.717) is 45.7 Å². The third-order valence-corrected chi connectivity index (χ3v) is 5.07. The van der Waals surface area contributed by atoms with E-state index in [-0.39, 0.29) is 18.2 Å². The monoisotopic (exact) mass is 377 g/mol. The molecule has 6 nitrogen and oxygen atoms in total. The van der Waals surface area contributed by atoms with E-state index in [4.69, 9.17) is 14.2 Å². The highest BCUT2D eigenvalue weighted by Gasteiger charge is 2.48. The van der Waals surface area contributed by atoms with Gasteiger partial charge in [0.15, 0.2) is 0 Å². The number of nitrogens with zero attached hydrogens (tertiary/aromatic N) is 1. The van der Waals surface area contributed by atoms with Crippen molar-refractivity contribution in [1.82, 2.24) is 4.90 Å².